The van der Waals surface area contributed by atoms with Gasteiger partial charge in [-0.2, -0.15) is 5.10 Å². The van der Waals surface area contributed by atoms with Gasteiger partial charge in [0.2, 0.25) is 11.8 Å². The Hall–Kier alpha value is -5.91. The van der Waals surface area contributed by atoms with E-state index in [9.17, 15) is 23.6 Å². The van der Waals surface area contributed by atoms with Crippen LogP contribution in [0.4, 0.5) is 15.9 Å². The van der Waals surface area contributed by atoms with Crippen molar-refractivity contribution in [1.29, 1.82) is 0 Å². The van der Waals surface area contributed by atoms with Crippen LogP contribution in [0.15, 0.2) is 61.2 Å². The molecule has 3 atom stereocenters. The zero-order valence-corrected chi connectivity index (χ0v) is 36.2. The Bertz CT molecular complexity index is 2530. The predicted octanol–water partition coefficient (Wildman–Crippen LogP) is 6.66. The minimum absolute atomic E-state index is 0.0742. The van der Waals surface area contributed by atoms with Crippen molar-refractivity contribution in [1.82, 2.24) is 44.9 Å². The van der Waals surface area contributed by atoms with Crippen LogP contribution in [0.25, 0.3) is 11.1 Å². The molecule has 3 aromatic heterocycles. The number of fused-ring (bicyclic) bond motifs is 1. The summed E-state index contributed by atoms with van der Waals surface area (Å²) in [5.41, 5.74) is 10.2. The Kier molecular flexibility index (Phi) is 13.3. The lowest BCUT2D eigenvalue weighted by molar-refractivity contribution is -0.136. The second kappa shape index (κ2) is 19.2. The average molecular weight is 901 g/mol. The van der Waals surface area contributed by atoms with Gasteiger partial charge >= 0.3 is 0 Å². The Morgan fingerprint density at radius 3 is 2.70 bits per heavy atom. The van der Waals surface area contributed by atoms with E-state index >= 15 is 0 Å². The minimum Gasteiger partial charge on any atom is -0.482 e. The molecule has 4 N–H and O–H groups in total. The highest BCUT2D eigenvalue weighted by molar-refractivity contribution is 6.36. The van der Waals surface area contributed by atoms with Gasteiger partial charge in [-0.05, 0) is 102 Å². The third kappa shape index (κ3) is 9.70. The third-order valence-electron chi connectivity index (χ3n) is 11.8. The number of nitrogens with two attached hydrogens (primary N) is 1. The number of amides is 4. The molecule has 2 aromatic carbocycles. The second-order valence-corrected chi connectivity index (χ2v) is 17.0. The standard InChI is InChI=1S/C44H48Cl2FN11O5/c1-26(38-32(45)12-13-33(47)40(38)46)63-36-20-27(21-50-41(36)48)28-22-51-57(23-28)30-9-7-18-55(25-30)17-6-8-29-24-56(54-53-29)19-4-2-3-16-49-34-11-5-10-31-39(34)44(62)58(43(31)61)35-14-15-37(59)52-42(35)60/h5,10-13,20-24,26,30,35,49H,2-4,6-9,14-19,25H2,1H3,(H2,48,50)(H,52,59,60). The van der Waals surface area contributed by atoms with Gasteiger partial charge in [-0.1, -0.05) is 34.5 Å². The van der Waals surface area contributed by atoms with Crippen LogP contribution in [0.3, 0.4) is 0 Å². The predicted molar refractivity (Wildman–Crippen MR) is 234 cm³/mol. The Morgan fingerprint density at radius 1 is 1.00 bits per heavy atom. The number of hydrogen-bond acceptors (Lipinski definition) is 12. The number of aromatic nitrogens is 6. The number of ether oxygens (including phenoxy) is 1. The first-order valence-corrected chi connectivity index (χ1v) is 22.0. The topological polar surface area (TPSA) is 195 Å². The van der Waals surface area contributed by atoms with E-state index in [1.807, 2.05) is 28.0 Å². The van der Waals surface area contributed by atoms with Gasteiger partial charge in [0, 0.05) is 72.0 Å². The fraction of sp³-hybridized carbons (Fsp3) is 0.409. The number of hydrogen-bond donors (Lipinski definition) is 3. The van der Waals surface area contributed by atoms with Crippen molar-refractivity contribution in [2.75, 3.05) is 37.2 Å². The van der Waals surface area contributed by atoms with E-state index in [0.29, 0.717) is 28.6 Å². The molecule has 0 spiro atoms. The van der Waals surface area contributed by atoms with Crippen molar-refractivity contribution >= 4 is 58.3 Å². The molecule has 3 aliphatic rings. The molecule has 8 rings (SSSR count). The SMILES string of the molecule is CC(Oc1cc(-c2cnn(C3CCCN(CCCc4cn(CCCCCNc5cccc6c5C(=O)N(C5CCC(=O)NC5=O)C6=O)nn4)C3)c2)cnc1N)c1c(Cl)ccc(F)c1Cl. The van der Waals surface area contributed by atoms with Crippen molar-refractivity contribution in [3.05, 3.63) is 99.4 Å². The number of anilines is 2. The van der Waals surface area contributed by atoms with Gasteiger partial charge in [0.1, 0.15) is 18.0 Å². The molecule has 4 amide bonds. The van der Waals surface area contributed by atoms with Crippen LogP contribution in [0, 0.1) is 5.82 Å². The maximum absolute atomic E-state index is 14.2. The number of nitrogens with zero attached hydrogens (tertiary/aromatic N) is 8. The zero-order valence-electron chi connectivity index (χ0n) is 34.7. The fourth-order valence-corrected chi connectivity index (χ4v) is 9.19. The highest BCUT2D eigenvalue weighted by Crippen LogP contribution is 2.38. The third-order valence-corrected chi connectivity index (χ3v) is 12.5. The Labute approximate surface area is 373 Å². The lowest BCUT2D eigenvalue weighted by Gasteiger charge is -2.32. The van der Waals surface area contributed by atoms with E-state index in [0.717, 1.165) is 92.8 Å². The van der Waals surface area contributed by atoms with Crippen LogP contribution in [-0.2, 0) is 22.6 Å². The average Bonchev–Trinajstić information content (AvgIpc) is 4.01. The van der Waals surface area contributed by atoms with Crippen LogP contribution in [0.2, 0.25) is 10.0 Å². The van der Waals surface area contributed by atoms with Gasteiger partial charge in [0.25, 0.3) is 11.8 Å². The maximum atomic E-state index is 14.2. The smallest absolute Gasteiger partial charge is 0.264 e. The molecule has 0 saturated carbocycles. The summed E-state index contributed by atoms with van der Waals surface area (Å²) >= 11 is 12.5. The van der Waals surface area contributed by atoms with Crippen molar-refractivity contribution in [2.45, 2.75) is 89.4 Å². The number of pyridine rings is 1. The normalized spacial score (nSPS) is 18.4. The summed E-state index contributed by atoms with van der Waals surface area (Å²) in [6.07, 6.45) is 13.5. The second-order valence-electron chi connectivity index (χ2n) is 16.2. The molecule has 0 bridgehead atoms. The monoisotopic (exact) mass is 899 g/mol. The molecule has 5 aromatic rings. The van der Waals surface area contributed by atoms with Gasteiger partial charge in [-0.25, -0.2) is 9.37 Å². The molecule has 6 heterocycles. The first kappa shape index (κ1) is 43.7. The van der Waals surface area contributed by atoms with Gasteiger partial charge in [-0.3, -0.25) is 38.8 Å². The zero-order chi connectivity index (χ0) is 44.2. The number of benzene rings is 2. The first-order chi connectivity index (χ1) is 30.4. The number of piperidine rings is 2. The number of aryl methyl sites for hydroxylation is 2. The largest absolute Gasteiger partial charge is 0.482 e. The van der Waals surface area contributed by atoms with Crippen molar-refractivity contribution in [3.63, 3.8) is 0 Å². The summed E-state index contributed by atoms with van der Waals surface area (Å²) in [5, 5.41) is 19.2. The molecule has 0 aliphatic carbocycles. The number of nitrogen functional groups attached to an aromatic ring is 1. The van der Waals surface area contributed by atoms with Crippen molar-refractivity contribution in [3.8, 4) is 16.9 Å². The van der Waals surface area contributed by atoms with E-state index in [4.69, 9.17) is 38.8 Å². The number of imide groups is 2. The summed E-state index contributed by atoms with van der Waals surface area (Å²) in [7, 11) is 0. The van der Waals surface area contributed by atoms with Crippen LogP contribution >= 0.6 is 23.2 Å². The molecular formula is C44H48Cl2FN11O5. The summed E-state index contributed by atoms with van der Waals surface area (Å²) in [4.78, 5) is 58.3. The number of carbonyl (C=O) groups excluding carboxylic acids is 4. The lowest BCUT2D eigenvalue weighted by Crippen LogP contribution is -2.54. The summed E-state index contributed by atoms with van der Waals surface area (Å²) < 4.78 is 24.2. The van der Waals surface area contributed by atoms with Crippen molar-refractivity contribution < 1.29 is 28.3 Å². The summed E-state index contributed by atoms with van der Waals surface area (Å²) in [6.45, 7) is 5.89. The number of carbonyl (C=O) groups is 4. The van der Waals surface area contributed by atoms with E-state index in [1.54, 1.807) is 37.4 Å². The number of nitrogens with one attached hydrogen (secondary N) is 2. The van der Waals surface area contributed by atoms with Gasteiger partial charge in [0.15, 0.2) is 11.6 Å². The first-order valence-electron chi connectivity index (χ1n) is 21.2. The van der Waals surface area contributed by atoms with E-state index in [-0.39, 0.29) is 40.9 Å². The lowest BCUT2D eigenvalue weighted by atomic mass is 10.0. The van der Waals surface area contributed by atoms with E-state index < -0.39 is 41.6 Å². The van der Waals surface area contributed by atoms with Crippen LogP contribution < -0.4 is 21.1 Å². The molecule has 63 heavy (non-hydrogen) atoms. The quantitative estimate of drug-likeness (QED) is 0.0511. The highest BCUT2D eigenvalue weighted by Gasteiger charge is 2.45. The van der Waals surface area contributed by atoms with Gasteiger partial charge in [0.05, 0.1) is 34.1 Å². The highest BCUT2D eigenvalue weighted by atomic mass is 35.5. The minimum atomic E-state index is -0.999. The molecule has 2 fully saturated rings. The molecule has 0 radical (unpaired) electrons. The fourth-order valence-electron chi connectivity index (χ4n) is 8.52. The van der Waals surface area contributed by atoms with E-state index in [1.165, 1.54) is 12.1 Å². The molecule has 3 unspecified atom stereocenters. The van der Waals surface area contributed by atoms with Crippen molar-refractivity contribution in [2.24, 2.45) is 0 Å². The molecule has 2 saturated heterocycles. The van der Waals surface area contributed by atoms with Crippen LogP contribution in [-0.4, -0.2) is 95.4 Å². The van der Waals surface area contributed by atoms with Crippen LogP contribution in [0.5, 0.6) is 5.75 Å². The van der Waals surface area contributed by atoms with E-state index in [2.05, 4.69) is 30.8 Å². The number of unbranched alkanes of at least 4 members (excludes halogenated alkanes) is 2. The molecule has 19 heteroatoms. The number of likely N-dealkylation sites (tertiary alicyclic amines) is 1. The molecule has 16 nitrogen and oxygen atoms in total. The van der Waals surface area contributed by atoms with Crippen LogP contribution in [0.1, 0.15) is 102 Å². The Morgan fingerprint density at radius 2 is 1.86 bits per heavy atom. The number of rotatable bonds is 17. The Balaban J connectivity index is 0.757. The molecule has 330 valence electrons. The maximum Gasteiger partial charge on any atom is 0.264 e. The number of halogens is 3. The van der Waals surface area contributed by atoms with Gasteiger partial charge in [-0.15, -0.1) is 5.10 Å². The molecule has 3 aliphatic heterocycles. The summed E-state index contributed by atoms with van der Waals surface area (Å²) in [6, 6.07) is 8.73. The summed E-state index contributed by atoms with van der Waals surface area (Å²) in [5.74, 6) is -2.15. The van der Waals surface area contributed by atoms with Gasteiger partial charge < -0.3 is 20.7 Å². The molecular weight excluding hydrogens is 852 g/mol.